The summed E-state index contributed by atoms with van der Waals surface area (Å²) in [6.45, 7) is 2.44. The normalized spacial score (nSPS) is 20.9. The van der Waals surface area contributed by atoms with Gasteiger partial charge in [0.2, 0.25) is 12.4 Å². The lowest BCUT2D eigenvalue weighted by Gasteiger charge is -2.27. The maximum atomic E-state index is 12.9. The van der Waals surface area contributed by atoms with E-state index in [0.717, 1.165) is 28.3 Å². The van der Waals surface area contributed by atoms with Crippen molar-refractivity contribution in [3.63, 3.8) is 0 Å². The van der Waals surface area contributed by atoms with Crippen LogP contribution in [0.3, 0.4) is 0 Å². The van der Waals surface area contributed by atoms with E-state index in [1.54, 1.807) is 6.92 Å². The number of carbonyl (C=O) groups excluding carboxylic acids is 1. The lowest BCUT2D eigenvalue weighted by atomic mass is 9.95. The highest BCUT2D eigenvalue weighted by Crippen LogP contribution is 2.35. The molecule has 0 spiro atoms. The highest BCUT2D eigenvalue weighted by molar-refractivity contribution is 6.05. The maximum absolute atomic E-state index is 12.9. The van der Waals surface area contributed by atoms with Crippen molar-refractivity contribution in [2.75, 3.05) is 27.4 Å². The zero-order valence-corrected chi connectivity index (χ0v) is 16.8. The number of ether oxygens (including phenoxy) is 2. The Hall–Kier alpha value is -3.06. The molecule has 2 aromatic carbocycles. The number of likely N-dealkylation sites (N-methyl/N-ethyl adjacent to an activating group) is 1. The molecule has 2 aliphatic heterocycles. The van der Waals surface area contributed by atoms with Crippen LogP contribution in [0.1, 0.15) is 30.5 Å². The molecule has 0 saturated heterocycles. The average Bonchev–Trinajstić information content (AvgIpc) is 3.35. The molecule has 7 heteroatoms. The minimum absolute atomic E-state index is 0.0204. The number of oxime groups is 1. The van der Waals surface area contributed by atoms with Gasteiger partial charge in [-0.15, -0.1) is 0 Å². The molecule has 7 nitrogen and oxygen atoms in total. The molecule has 0 radical (unpaired) electrons. The predicted molar refractivity (Wildman–Crippen MR) is 109 cm³/mol. The Morgan fingerprint density at radius 2 is 1.93 bits per heavy atom. The summed E-state index contributed by atoms with van der Waals surface area (Å²) < 4.78 is 10.9. The maximum Gasteiger partial charge on any atom is 0.267 e. The summed E-state index contributed by atoms with van der Waals surface area (Å²) in [4.78, 5) is 20.5. The van der Waals surface area contributed by atoms with Gasteiger partial charge < -0.3 is 24.5 Å². The zero-order valence-electron chi connectivity index (χ0n) is 16.8. The lowest BCUT2D eigenvalue weighted by molar-refractivity contribution is -0.141. The molecule has 2 unspecified atom stereocenters. The Morgan fingerprint density at radius 1 is 1.17 bits per heavy atom. The zero-order chi connectivity index (χ0) is 20.4. The predicted octanol–water partition coefficient (Wildman–Crippen LogP) is 2.72. The van der Waals surface area contributed by atoms with Crippen LogP contribution in [0.2, 0.25) is 0 Å². The first-order valence-electron chi connectivity index (χ1n) is 9.61. The number of fused-ring (bicyclic) bond motifs is 1. The highest BCUT2D eigenvalue weighted by atomic mass is 16.7. The molecule has 0 aliphatic carbocycles. The van der Waals surface area contributed by atoms with Gasteiger partial charge in [-0.1, -0.05) is 41.6 Å². The number of benzene rings is 2. The summed E-state index contributed by atoms with van der Waals surface area (Å²) in [7, 11) is 3.96. The second kappa shape index (κ2) is 7.75. The summed E-state index contributed by atoms with van der Waals surface area (Å²) >= 11 is 0. The molecule has 2 heterocycles. The summed E-state index contributed by atoms with van der Waals surface area (Å²) in [5, 5.41) is 7.19. The minimum Gasteiger partial charge on any atom is -0.454 e. The molecule has 29 heavy (non-hydrogen) atoms. The van der Waals surface area contributed by atoms with Gasteiger partial charge in [0.25, 0.3) is 5.91 Å². The van der Waals surface area contributed by atoms with Crippen LogP contribution in [-0.4, -0.2) is 49.6 Å². The van der Waals surface area contributed by atoms with E-state index in [4.69, 9.17) is 14.3 Å². The number of hydrogen-bond donors (Lipinski definition) is 1. The first-order chi connectivity index (χ1) is 14.0. The monoisotopic (exact) mass is 395 g/mol. The molecule has 4 rings (SSSR count). The topological polar surface area (TPSA) is 72.4 Å². The molecule has 152 valence electrons. The Bertz CT molecular complexity index is 929. The van der Waals surface area contributed by atoms with E-state index in [9.17, 15) is 4.79 Å². The molecule has 0 bridgehead atoms. The average molecular weight is 395 g/mol. The van der Waals surface area contributed by atoms with E-state index >= 15 is 0 Å². The van der Waals surface area contributed by atoms with Crippen molar-refractivity contribution in [2.24, 2.45) is 5.16 Å². The largest absolute Gasteiger partial charge is 0.454 e. The first-order valence-corrected chi connectivity index (χ1v) is 9.61. The SMILES string of the molecule is CN(C)C(CNC(=O)C1(C)CC(c2ccccc2)=NO1)c1ccc2c(c1)OCO2. The number of rotatable bonds is 6. The van der Waals surface area contributed by atoms with E-state index in [1.807, 2.05) is 62.6 Å². The van der Waals surface area contributed by atoms with E-state index in [1.165, 1.54) is 0 Å². The molecule has 1 N–H and O–H groups in total. The number of hydrogen-bond acceptors (Lipinski definition) is 6. The van der Waals surface area contributed by atoms with Gasteiger partial charge in [-0.2, -0.15) is 0 Å². The summed E-state index contributed by atoms with van der Waals surface area (Å²) in [5.74, 6) is 1.29. The Labute approximate surface area is 170 Å². The highest BCUT2D eigenvalue weighted by Gasteiger charge is 2.42. The molecule has 0 saturated carbocycles. The summed E-state index contributed by atoms with van der Waals surface area (Å²) in [6.07, 6.45) is 0.430. The number of amides is 1. The Balaban J connectivity index is 1.41. The van der Waals surface area contributed by atoms with Crippen LogP contribution < -0.4 is 14.8 Å². The fraction of sp³-hybridized carbons (Fsp3) is 0.364. The third kappa shape index (κ3) is 3.91. The van der Waals surface area contributed by atoms with Gasteiger partial charge in [0.1, 0.15) is 0 Å². The van der Waals surface area contributed by atoms with Crippen molar-refractivity contribution >= 4 is 11.6 Å². The smallest absolute Gasteiger partial charge is 0.267 e. The van der Waals surface area contributed by atoms with Crippen LogP contribution in [0.4, 0.5) is 0 Å². The molecule has 0 aromatic heterocycles. The first kappa shape index (κ1) is 19.3. The minimum atomic E-state index is -1.02. The number of nitrogens with one attached hydrogen (secondary N) is 1. The van der Waals surface area contributed by atoms with Gasteiger partial charge in [0, 0.05) is 13.0 Å². The van der Waals surface area contributed by atoms with E-state index in [2.05, 4.69) is 15.4 Å². The van der Waals surface area contributed by atoms with E-state index in [-0.39, 0.29) is 18.7 Å². The molecular weight excluding hydrogens is 370 g/mol. The molecule has 1 amide bonds. The van der Waals surface area contributed by atoms with E-state index < -0.39 is 5.60 Å². The lowest BCUT2D eigenvalue weighted by Crippen LogP contribution is -2.47. The van der Waals surface area contributed by atoms with Crippen LogP contribution in [0, 0.1) is 0 Å². The van der Waals surface area contributed by atoms with Crippen LogP contribution in [0.5, 0.6) is 11.5 Å². The van der Waals surface area contributed by atoms with E-state index in [0.29, 0.717) is 13.0 Å². The van der Waals surface area contributed by atoms with Crippen LogP contribution >= 0.6 is 0 Å². The van der Waals surface area contributed by atoms with Gasteiger partial charge in [-0.25, -0.2) is 0 Å². The molecule has 2 atom stereocenters. The second-order valence-electron chi connectivity index (χ2n) is 7.71. The Kier molecular flexibility index (Phi) is 5.15. The standard InChI is InChI=1S/C22H25N3O4/c1-22(12-17(24-29-22)15-7-5-4-6-8-15)21(26)23-13-18(25(2)3)16-9-10-19-20(11-16)28-14-27-19/h4-11,18H,12-14H2,1-3H3,(H,23,26). The van der Waals surface area contributed by atoms with Crippen molar-refractivity contribution in [3.8, 4) is 11.5 Å². The number of nitrogens with zero attached hydrogens (tertiary/aromatic N) is 2. The Morgan fingerprint density at radius 3 is 2.69 bits per heavy atom. The van der Waals surface area contributed by atoms with Crippen molar-refractivity contribution in [1.29, 1.82) is 0 Å². The second-order valence-corrected chi connectivity index (χ2v) is 7.71. The number of carbonyl (C=O) groups is 1. The molecule has 2 aromatic rings. The molecular formula is C22H25N3O4. The third-order valence-corrected chi connectivity index (χ3v) is 5.31. The van der Waals surface area contributed by atoms with Gasteiger partial charge >= 0.3 is 0 Å². The summed E-state index contributed by atoms with van der Waals surface area (Å²) in [5.41, 5.74) is 1.77. The van der Waals surface area contributed by atoms with Crippen molar-refractivity contribution < 1.29 is 19.1 Å². The fourth-order valence-electron chi connectivity index (χ4n) is 3.54. The van der Waals surface area contributed by atoms with Crippen molar-refractivity contribution in [3.05, 3.63) is 59.7 Å². The fourth-order valence-corrected chi connectivity index (χ4v) is 3.54. The van der Waals surface area contributed by atoms with Crippen LogP contribution in [0.15, 0.2) is 53.7 Å². The van der Waals surface area contributed by atoms with Crippen molar-refractivity contribution in [1.82, 2.24) is 10.2 Å². The molecule has 2 aliphatic rings. The molecule has 0 fully saturated rings. The summed E-state index contributed by atoms with van der Waals surface area (Å²) in [6, 6.07) is 15.6. The third-order valence-electron chi connectivity index (χ3n) is 5.31. The quantitative estimate of drug-likeness (QED) is 0.814. The van der Waals surface area contributed by atoms with Gasteiger partial charge in [-0.3, -0.25) is 4.79 Å². The van der Waals surface area contributed by atoms with Crippen molar-refractivity contribution in [2.45, 2.75) is 25.0 Å². The van der Waals surface area contributed by atoms with Gasteiger partial charge in [-0.05, 0) is 44.3 Å². The van der Waals surface area contributed by atoms with Crippen LogP contribution in [0.25, 0.3) is 0 Å². The van der Waals surface area contributed by atoms with Gasteiger partial charge in [0.15, 0.2) is 11.5 Å². The van der Waals surface area contributed by atoms with Gasteiger partial charge in [0.05, 0.1) is 11.8 Å². The van der Waals surface area contributed by atoms with Crippen LogP contribution in [-0.2, 0) is 9.63 Å².